The summed E-state index contributed by atoms with van der Waals surface area (Å²) < 4.78 is 23.3. The molecule has 1 aromatic rings. The fraction of sp³-hybridized carbons (Fsp3) is 0.529. The molecule has 0 spiro atoms. The summed E-state index contributed by atoms with van der Waals surface area (Å²) in [4.78, 5) is 0. The number of hydrogen-bond acceptors (Lipinski definition) is 4. The Hall–Kier alpha value is -0.930. The molecular formula is C17H27O4P. The number of aliphatic hydroxyl groups is 1. The van der Waals surface area contributed by atoms with Crippen molar-refractivity contribution in [2.24, 2.45) is 0 Å². The van der Waals surface area contributed by atoms with E-state index in [0.717, 1.165) is 5.56 Å². The Balaban J connectivity index is 2.80. The van der Waals surface area contributed by atoms with Crippen LogP contribution in [0.15, 0.2) is 43.0 Å². The lowest BCUT2D eigenvalue weighted by molar-refractivity contribution is 0.0491. The van der Waals surface area contributed by atoms with E-state index in [1.165, 1.54) is 0 Å². The van der Waals surface area contributed by atoms with E-state index in [2.05, 4.69) is 6.58 Å². The van der Waals surface area contributed by atoms with Gasteiger partial charge in [0, 0.05) is 0 Å². The molecule has 0 fully saturated rings. The molecule has 0 aliphatic heterocycles. The molecule has 0 heterocycles. The van der Waals surface area contributed by atoms with Gasteiger partial charge < -0.3 is 14.2 Å². The van der Waals surface area contributed by atoms with E-state index in [1.54, 1.807) is 19.9 Å². The molecule has 1 aromatic carbocycles. The van der Waals surface area contributed by atoms with Crippen LogP contribution in [-0.2, 0) is 20.0 Å². The lowest BCUT2D eigenvalue weighted by atomic mass is 9.93. The lowest BCUT2D eigenvalue weighted by Gasteiger charge is -2.30. The first-order chi connectivity index (χ1) is 10.5. The van der Waals surface area contributed by atoms with Crippen LogP contribution >= 0.6 is 7.60 Å². The molecule has 124 valence electrons. The van der Waals surface area contributed by atoms with E-state index in [0.29, 0.717) is 32.5 Å². The molecule has 1 N–H and O–H groups in total. The van der Waals surface area contributed by atoms with Crippen LogP contribution in [0.3, 0.4) is 0 Å². The van der Waals surface area contributed by atoms with Crippen molar-refractivity contribution >= 4 is 7.60 Å². The van der Waals surface area contributed by atoms with Crippen molar-refractivity contribution in [3.05, 3.63) is 48.6 Å². The van der Waals surface area contributed by atoms with Crippen LogP contribution < -0.4 is 0 Å². The molecule has 1 atom stereocenters. The molecule has 22 heavy (non-hydrogen) atoms. The summed E-state index contributed by atoms with van der Waals surface area (Å²) in [5.74, 6) is 0. The van der Waals surface area contributed by atoms with Gasteiger partial charge in [0.25, 0.3) is 0 Å². The first-order valence-electron chi connectivity index (χ1n) is 7.72. The van der Waals surface area contributed by atoms with Crippen LogP contribution in [0.2, 0.25) is 0 Å². The van der Waals surface area contributed by atoms with Gasteiger partial charge in [0.1, 0.15) is 0 Å². The monoisotopic (exact) mass is 326 g/mol. The van der Waals surface area contributed by atoms with E-state index in [-0.39, 0.29) is 6.16 Å². The van der Waals surface area contributed by atoms with Crippen molar-refractivity contribution in [1.82, 2.24) is 0 Å². The Kier molecular flexibility index (Phi) is 8.05. The first kappa shape index (κ1) is 19.1. The zero-order chi connectivity index (χ0) is 16.5. The average Bonchev–Trinajstić information content (AvgIpc) is 2.47. The van der Waals surface area contributed by atoms with Gasteiger partial charge in [0.15, 0.2) is 0 Å². The average molecular weight is 326 g/mol. The summed E-state index contributed by atoms with van der Waals surface area (Å²) in [5.41, 5.74) is -0.00934. The molecular weight excluding hydrogens is 299 g/mol. The highest BCUT2D eigenvalue weighted by Crippen LogP contribution is 2.51. The third kappa shape index (κ3) is 6.45. The van der Waals surface area contributed by atoms with Crippen molar-refractivity contribution in [3.63, 3.8) is 0 Å². The van der Waals surface area contributed by atoms with E-state index >= 15 is 0 Å². The molecule has 0 aliphatic rings. The van der Waals surface area contributed by atoms with Gasteiger partial charge in [-0.25, -0.2) is 0 Å². The molecule has 1 unspecified atom stereocenters. The van der Waals surface area contributed by atoms with Crippen LogP contribution in [0.25, 0.3) is 0 Å². The smallest absolute Gasteiger partial charge is 0.333 e. The minimum atomic E-state index is -3.29. The van der Waals surface area contributed by atoms with Crippen molar-refractivity contribution in [3.8, 4) is 0 Å². The van der Waals surface area contributed by atoms with Gasteiger partial charge in [-0.15, -0.1) is 6.58 Å². The second kappa shape index (κ2) is 9.26. The topological polar surface area (TPSA) is 55.8 Å². The minimum absolute atomic E-state index is 0.0134. The lowest BCUT2D eigenvalue weighted by Crippen LogP contribution is -2.34. The van der Waals surface area contributed by atoms with Crippen LogP contribution in [0.5, 0.6) is 0 Å². The minimum Gasteiger partial charge on any atom is -0.389 e. The van der Waals surface area contributed by atoms with E-state index in [1.807, 2.05) is 30.3 Å². The Morgan fingerprint density at radius 3 is 2.32 bits per heavy atom. The van der Waals surface area contributed by atoms with Gasteiger partial charge in [-0.3, -0.25) is 4.57 Å². The molecule has 0 bridgehead atoms. The van der Waals surface area contributed by atoms with Gasteiger partial charge in [-0.05, 0) is 38.7 Å². The predicted octanol–water partition coefficient (Wildman–Crippen LogP) is 4.19. The number of aryl methyl sites for hydroxylation is 1. The highest BCUT2D eigenvalue weighted by atomic mass is 31.2. The summed E-state index contributed by atoms with van der Waals surface area (Å²) in [6, 6.07) is 9.91. The second-order valence-electron chi connectivity index (χ2n) is 5.31. The summed E-state index contributed by atoms with van der Waals surface area (Å²) in [6.45, 7) is 7.81. The summed E-state index contributed by atoms with van der Waals surface area (Å²) in [5, 5.41) is 10.9. The maximum Gasteiger partial charge on any atom is 0.333 e. The first-order valence-corrected chi connectivity index (χ1v) is 9.45. The highest BCUT2D eigenvalue weighted by molar-refractivity contribution is 7.53. The van der Waals surface area contributed by atoms with Gasteiger partial charge >= 0.3 is 7.60 Å². The SMILES string of the molecule is C=CCC(O)(CCc1ccccc1)CP(=O)(OCC)OCC. The van der Waals surface area contributed by atoms with Crippen LogP contribution in [-0.4, -0.2) is 30.1 Å². The quantitative estimate of drug-likeness (QED) is 0.489. The molecule has 4 nitrogen and oxygen atoms in total. The molecule has 0 saturated carbocycles. The predicted molar refractivity (Wildman–Crippen MR) is 90.3 cm³/mol. The van der Waals surface area contributed by atoms with Crippen molar-refractivity contribution in [2.45, 2.75) is 38.7 Å². The number of benzene rings is 1. The largest absolute Gasteiger partial charge is 0.389 e. The van der Waals surface area contributed by atoms with Gasteiger partial charge in [-0.1, -0.05) is 36.4 Å². The summed E-state index contributed by atoms with van der Waals surface area (Å²) in [6.07, 6.45) is 3.16. The number of hydrogen-bond donors (Lipinski definition) is 1. The molecule has 0 radical (unpaired) electrons. The molecule has 1 rings (SSSR count). The standard InChI is InChI=1S/C17H27O4P/c1-4-13-17(18,14-12-16-10-8-7-9-11-16)15-22(19,20-5-2)21-6-3/h4,7-11,18H,1,5-6,12-15H2,2-3H3. The van der Waals surface area contributed by atoms with Gasteiger partial charge in [-0.2, -0.15) is 0 Å². The molecule has 0 saturated heterocycles. The van der Waals surface area contributed by atoms with E-state index in [9.17, 15) is 9.67 Å². The zero-order valence-corrected chi connectivity index (χ0v) is 14.4. The van der Waals surface area contributed by atoms with Crippen molar-refractivity contribution in [1.29, 1.82) is 0 Å². The molecule has 5 heteroatoms. The highest BCUT2D eigenvalue weighted by Gasteiger charge is 2.37. The van der Waals surface area contributed by atoms with Crippen LogP contribution in [0.1, 0.15) is 32.3 Å². The fourth-order valence-electron chi connectivity index (χ4n) is 2.42. The third-order valence-corrected chi connectivity index (χ3v) is 5.66. The summed E-state index contributed by atoms with van der Waals surface area (Å²) in [7, 11) is -3.29. The van der Waals surface area contributed by atoms with Gasteiger partial charge in [0.05, 0.1) is 25.0 Å². The normalized spacial score (nSPS) is 14.5. The Bertz CT molecular complexity index is 479. The van der Waals surface area contributed by atoms with Gasteiger partial charge in [0.2, 0.25) is 0 Å². The summed E-state index contributed by atoms with van der Waals surface area (Å²) >= 11 is 0. The molecule has 0 aliphatic carbocycles. The zero-order valence-electron chi connectivity index (χ0n) is 13.5. The molecule has 0 aromatic heterocycles. The molecule has 0 amide bonds. The fourth-order valence-corrected chi connectivity index (χ4v) is 4.47. The number of rotatable bonds is 11. The van der Waals surface area contributed by atoms with Crippen LogP contribution in [0.4, 0.5) is 0 Å². The maximum atomic E-state index is 12.7. The Morgan fingerprint density at radius 2 is 1.82 bits per heavy atom. The maximum absolute atomic E-state index is 12.7. The van der Waals surface area contributed by atoms with Crippen molar-refractivity contribution < 1.29 is 18.7 Å². The second-order valence-corrected chi connectivity index (χ2v) is 7.36. The van der Waals surface area contributed by atoms with Crippen molar-refractivity contribution in [2.75, 3.05) is 19.4 Å². The third-order valence-electron chi connectivity index (χ3n) is 3.39. The van der Waals surface area contributed by atoms with E-state index < -0.39 is 13.2 Å². The van der Waals surface area contributed by atoms with E-state index in [4.69, 9.17) is 9.05 Å². The Morgan fingerprint density at radius 1 is 1.23 bits per heavy atom. The van der Waals surface area contributed by atoms with Crippen LogP contribution in [0, 0.1) is 0 Å². The Labute approximate surface area is 133 Å².